The number of Topliss-reactive ketones (excluding diaryl/α,β-unsaturated/α-hetero) is 2. The second-order valence-electron chi connectivity index (χ2n) is 9.93. The molecule has 0 heterocycles. The van der Waals surface area contributed by atoms with Gasteiger partial charge in [0, 0.05) is 37.1 Å². The Hall–Kier alpha value is -4.19. The summed E-state index contributed by atoms with van der Waals surface area (Å²) < 4.78 is 54.8. The molecule has 14 heteroatoms. The molecule has 4 aromatic carbocycles. The van der Waals surface area contributed by atoms with Gasteiger partial charge in [-0.3, -0.25) is 9.59 Å². The number of methoxy groups -OCH3 is 6. The number of hydrogen-bond donors (Lipinski definition) is 0. The van der Waals surface area contributed by atoms with E-state index in [1.165, 1.54) is 66.9 Å². The largest absolute Gasteiger partial charge is 1.00 e. The molecule has 12 nitrogen and oxygen atoms in total. The molecule has 0 amide bonds. The maximum Gasteiger partial charge on any atom is 1.00 e. The zero-order valence-electron chi connectivity index (χ0n) is 27.7. The summed E-state index contributed by atoms with van der Waals surface area (Å²) in [5.74, 6) is 1.56. The van der Waals surface area contributed by atoms with E-state index in [0.717, 1.165) is 0 Å². The van der Waals surface area contributed by atoms with E-state index in [1.54, 1.807) is 48.5 Å². The van der Waals surface area contributed by atoms with Gasteiger partial charge in [-0.25, -0.2) is 4.57 Å². The number of benzene rings is 4. The smallest absolute Gasteiger partial charge is 0.736 e. The van der Waals surface area contributed by atoms with Crippen molar-refractivity contribution in [3.05, 3.63) is 95.1 Å². The molecule has 0 saturated heterocycles. The van der Waals surface area contributed by atoms with Gasteiger partial charge in [0.05, 0.1) is 42.7 Å². The zero-order valence-corrected chi connectivity index (χ0v) is 30.6. The Morgan fingerprint density at radius 1 is 0.521 bits per heavy atom. The van der Waals surface area contributed by atoms with E-state index in [4.69, 9.17) is 37.5 Å². The molecule has 0 radical (unpaired) electrons. The van der Waals surface area contributed by atoms with Gasteiger partial charge in [0.1, 0.15) is 57.1 Å². The van der Waals surface area contributed by atoms with Gasteiger partial charge in [0.15, 0.2) is 11.6 Å². The number of phosphoric acid groups is 1. The number of hydrogen-bond acceptors (Lipinski definition) is 12. The Kier molecular flexibility index (Phi) is 13.8. The van der Waals surface area contributed by atoms with Gasteiger partial charge >= 0.3 is 37.4 Å². The Balaban J connectivity index is 0.00000625. The average Bonchev–Trinajstić information content (AvgIpc) is 3.08. The second-order valence-corrected chi connectivity index (χ2v) is 11.2. The summed E-state index contributed by atoms with van der Waals surface area (Å²) in [5, 5.41) is 0. The first kappa shape index (κ1) is 38.3. The van der Waals surface area contributed by atoms with Crippen molar-refractivity contribution in [2.45, 2.75) is 12.8 Å². The van der Waals surface area contributed by atoms with Crippen molar-refractivity contribution in [2.24, 2.45) is 0 Å². The molecule has 248 valence electrons. The molecule has 0 N–H and O–H groups in total. The van der Waals surface area contributed by atoms with Gasteiger partial charge < -0.3 is 42.4 Å². The Morgan fingerprint density at radius 3 is 1.06 bits per heavy atom. The van der Waals surface area contributed by atoms with Gasteiger partial charge in [0.2, 0.25) is 0 Å². The van der Waals surface area contributed by atoms with Crippen LogP contribution in [0.25, 0.3) is 0 Å². The van der Waals surface area contributed by atoms with Crippen molar-refractivity contribution >= 4 is 19.4 Å². The van der Waals surface area contributed by atoms with E-state index in [-0.39, 0.29) is 76.6 Å². The van der Waals surface area contributed by atoms with Crippen molar-refractivity contribution in [1.29, 1.82) is 0 Å². The van der Waals surface area contributed by atoms with Crippen molar-refractivity contribution in [2.75, 3.05) is 42.7 Å². The summed E-state index contributed by atoms with van der Waals surface area (Å²) in [6.07, 6.45) is -0.0323. The molecule has 0 aliphatic rings. The van der Waals surface area contributed by atoms with Crippen LogP contribution in [0.1, 0.15) is 31.8 Å². The van der Waals surface area contributed by atoms with Crippen LogP contribution in [-0.4, -0.2) is 54.2 Å². The minimum atomic E-state index is -4.85. The molecule has 0 atom stereocenters. The number of phosphoric ester groups is 1. The Bertz CT molecular complexity index is 1600. The third-order valence-corrected chi connectivity index (χ3v) is 7.87. The average molecular weight is 689 g/mol. The van der Waals surface area contributed by atoms with Crippen LogP contribution in [0, 0.1) is 0 Å². The molecule has 0 saturated carbocycles. The van der Waals surface area contributed by atoms with Crippen molar-refractivity contribution < 1.29 is 86.1 Å². The number of carbonyl (C=O) groups is 2. The first-order chi connectivity index (χ1) is 22.5. The number of carbonyl (C=O) groups excluding carboxylic acids is 2. The van der Waals surface area contributed by atoms with Gasteiger partial charge in [-0.05, 0) is 35.4 Å². The van der Waals surface area contributed by atoms with E-state index >= 15 is 0 Å². The zero-order chi connectivity index (χ0) is 34.1. The molecular weight excluding hydrogens is 654 g/mol. The summed E-state index contributed by atoms with van der Waals surface area (Å²) in [6.45, 7) is 0. The Morgan fingerprint density at radius 2 is 0.812 bits per heavy atom. The predicted octanol–water partition coefficient (Wildman–Crippen LogP) is 2.52. The third-order valence-electron chi connectivity index (χ3n) is 7.00. The van der Waals surface area contributed by atoms with Crippen molar-refractivity contribution in [3.8, 4) is 46.0 Å². The van der Waals surface area contributed by atoms with Gasteiger partial charge in [-0.1, -0.05) is 24.3 Å². The predicted molar refractivity (Wildman–Crippen MR) is 170 cm³/mol. The SMILES string of the molecule is COc1cc(OC)c(C(=O)Cc2ccc(OP(=O)([O-])Oc3ccc(CC(=O)c4c(OC)cc(OC)cc4OC)cc3)cc2)c(OC)c1.[Na+]. The topological polar surface area (TPSA) is 148 Å². The molecule has 0 aliphatic heterocycles. The Labute approximate surface area is 300 Å². The first-order valence-electron chi connectivity index (χ1n) is 14.1. The van der Waals surface area contributed by atoms with Crippen LogP contribution in [0.2, 0.25) is 0 Å². The summed E-state index contributed by atoms with van der Waals surface area (Å²) in [6, 6.07) is 18.2. The fourth-order valence-corrected chi connectivity index (χ4v) is 5.52. The van der Waals surface area contributed by atoms with Crippen LogP contribution in [-0.2, 0) is 17.4 Å². The minimum Gasteiger partial charge on any atom is -0.736 e. The van der Waals surface area contributed by atoms with Crippen molar-refractivity contribution in [3.63, 3.8) is 0 Å². The maximum absolute atomic E-state index is 13.1. The monoisotopic (exact) mass is 688 g/mol. The summed E-state index contributed by atoms with van der Waals surface area (Å²) in [4.78, 5) is 38.9. The molecular formula is C34H34NaO12P. The van der Waals surface area contributed by atoms with Gasteiger partial charge in [0.25, 0.3) is 0 Å². The molecule has 0 spiro atoms. The third kappa shape index (κ3) is 9.46. The molecule has 0 fully saturated rings. The fourth-order valence-electron chi connectivity index (χ4n) is 4.72. The van der Waals surface area contributed by atoms with Crippen LogP contribution in [0.5, 0.6) is 46.0 Å². The molecule has 4 aromatic rings. The van der Waals surface area contributed by atoms with Crippen LogP contribution >= 0.6 is 7.82 Å². The molecule has 0 unspecified atom stereocenters. The van der Waals surface area contributed by atoms with Crippen LogP contribution < -0.4 is 71.9 Å². The van der Waals surface area contributed by atoms with Crippen molar-refractivity contribution in [1.82, 2.24) is 0 Å². The minimum absolute atomic E-state index is 0. The molecule has 0 aliphatic carbocycles. The quantitative estimate of drug-likeness (QED) is 0.0968. The van der Waals surface area contributed by atoms with E-state index in [9.17, 15) is 19.0 Å². The van der Waals surface area contributed by atoms with E-state index < -0.39 is 7.82 Å². The van der Waals surface area contributed by atoms with E-state index in [2.05, 4.69) is 0 Å². The molecule has 48 heavy (non-hydrogen) atoms. The van der Waals surface area contributed by atoms with Crippen LogP contribution in [0.3, 0.4) is 0 Å². The molecule has 4 rings (SSSR count). The number of rotatable bonds is 16. The van der Waals surface area contributed by atoms with Gasteiger partial charge in [-0.15, -0.1) is 0 Å². The summed E-state index contributed by atoms with van der Waals surface area (Å²) in [5.41, 5.74) is 1.70. The molecule has 0 aromatic heterocycles. The maximum atomic E-state index is 13.1. The van der Waals surface area contributed by atoms with Crippen LogP contribution in [0.15, 0.2) is 72.8 Å². The second kappa shape index (κ2) is 17.3. The molecule has 0 bridgehead atoms. The number of ketones is 2. The number of ether oxygens (including phenoxy) is 6. The standard InChI is InChI=1S/C34H35O12P.Na/c1-39-25-17-29(41-3)33(30(18-25)42-4)27(35)15-21-7-11-23(12-8-21)45-47(37,38)46-24-13-9-22(10-14-24)16-28(36)34-31(43-5)19-26(40-2)20-32(34)44-6;/h7-14,17-20H,15-16H2,1-6H3,(H,37,38);/q;+1/p-1. The first-order valence-corrected chi connectivity index (χ1v) is 15.5. The van der Waals surface area contributed by atoms with E-state index in [0.29, 0.717) is 45.6 Å². The summed E-state index contributed by atoms with van der Waals surface area (Å²) in [7, 11) is 3.89. The van der Waals surface area contributed by atoms with Crippen LogP contribution in [0.4, 0.5) is 0 Å². The fraction of sp³-hybridized carbons (Fsp3) is 0.235. The summed E-state index contributed by atoms with van der Waals surface area (Å²) >= 11 is 0. The van der Waals surface area contributed by atoms with Gasteiger partial charge in [-0.2, -0.15) is 0 Å². The van der Waals surface area contributed by atoms with E-state index in [1.807, 2.05) is 0 Å². The normalized spacial score (nSPS) is 10.6.